The van der Waals surface area contributed by atoms with Crippen LogP contribution in [0.4, 0.5) is 0 Å². The Labute approximate surface area is 84.5 Å². The molecule has 0 saturated carbocycles. The molecule has 1 atom stereocenters. The van der Waals surface area contributed by atoms with Gasteiger partial charge in [-0.3, -0.25) is 0 Å². The highest BCUT2D eigenvalue weighted by Gasteiger charge is 1.90. The Balaban J connectivity index is 0. The molecule has 0 radical (unpaired) electrons. The summed E-state index contributed by atoms with van der Waals surface area (Å²) in [4.78, 5) is 0. The third-order valence-corrected chi connectivity index (χ3v) is 1.78. The van der Waals surface area contributed by atoms with Crippen LogP contribution in [0.15, 0.2) is 0 Å². The van der Waals surface area contributed by atoms with Gasteiger partial charge in [-0.2, -0.15) is 0 Å². The Bertz CT molecular complexity index is 82.2. The van der Waals surface area contributed by atoms with E-state index in [1.165, 1.54) is 6.42 Å². The van der Waals surface area contributed by atoms with Gasteiger partial charge in [0, 0.05) is 12.1 Å². The van der Waals surface area contributed by atoms with Crippen LogP contribution >= 0.6 is 0 Å². The van der Waals surface area contributed by atoms with Crippen LogP contribution < -0.4 is 10.6 Å². The zero-order valence-electron chi connectivity index (χ0n) is 10.3. The van der Waals surface area contributed by atoms with Crippen LogP contribution in [0, 0.1) is 0 Å². The molecule has 82 valence electrons. The number of nitrogens with one attached hydrogen (secondary N) is 2. The average Bonchev–Trinajstić information content (AvgIpc) is 2.05. The third-order valence-electron chi connectivity index (χ3n) is 1.78. The van der Waals surface area contributed by atoms with Crippen LogP contribution in [0.3, 0.4) is 0 Å². The molecule has 0 aromatic rings. The fraction of sp³-hybridized carbons (Fsp3) is 1.00. The van der Waals surface area contributed by atoms with Crippen LogP contribution in [0.2, 0.25) is 0 Å². The summed E-state index contributed by atoms with van der Waals surface area (Å²) in [7, 11) is 0. The van der Waals surface area contributed by atoms with Crippen molar-refractivity contribution < 1.29 is 0 Å². The molecule has 0 saturated heterocycles. The van der Waals surface area contributed by atoms with E-state index < -0.39 is 0 Å². The lowest BCUT2D eigenvalue weighted by Crippen LogP contribution is -2.24. The molecule has 0 aliphatic rings. The van der Waals surface area contributed by atoms with Crippen molar-refractivity contribution >= 4 is 0 Å². The summed E-state index contributed by atoms with van der Waals surface area (Å²) in [6.07, 6.45) is 1.23. The van der Waals surface area contributed by atoms with Crippen LogP contribution in [0.1, 0.15) is 48.0 Å². The van der Waals surface area contributed by atoms with Crippen molar-refractivity contribution in [2.45, 2.75) is 60.0 Å². The first-order chi connectivity index (χ1) is 6.08. The van der Waals surface area contributed by atoms with Crippen molar-refractivity contribution in [3.05, 3.63) is 0 Å². The minimum absolute atomic E-state index is 0.648. The maximum atomic E-state index is 3.30. The molecular weight excluding hydrogens is 160 g/mol. The Morgan fingerprint density at radius 3 is 1.38 bits per heavy atom. The van der Waals surface area contributed by atoms with E-state index in [1.807, 2.05) is 0 Å². The number of hydrogen-bond donors (Lipinski definition) is 2. The molecule has 0 heterocycles. The molecule has 2 heteroatoms. The predicted octanol–water partition coefficient (Wildman–Crippen LogP) is 2.40. The summed E-state index contributed by atoms with van der Waals surface area (Å²) in [5, 5.41) is 6.50. The topological polar surface area (TPSA) is 24.1 Å². The Kier molecular flexibility index (Phi) is 14.1. The molecule has 0 spiro atoms. The van der Waals surface area contributed by atoms with Gasteiger partial charge < -0.3 is 10.6 Å². The van der Waals surface area contributed by atoms with E-state index in [1.54, 1.807) is 0 Å². The normalized spacial score (nSPS) is 12.2. The van der Waals surface area contributed by atoms with Crippen molar-refractivity contribution in [2.75, 3.05) is 13.1 Å². The fourth-order valence-electron chi connectivity index (χ4n) is 0.901. The fourth-order valence-corrected chi connectivity index (χ4v) is 0.901. The highest BCUT2D eigenvalue weighted by molar-refractivity contribution is 4.53. The molecule has 13 heavy (non-hydrogen) atoms. The smallest absolute Gasteiger partial charge is 0.00359 e. The Hall–Kier alpha value is -0.0800. The van der Waals surface area contributed by atoms with Crippen molar-refractivity contribution in [2.24, 2.45) is 0 Å². The summed E-state index contributed by atoms with van der Waals surface area (Å²) in [5.74, 6) is 0. The second kappa shape index (κ2) is 11.9. The van der Waals surface area contributed by atoms with Crippen molar-refractivity contribution in [1.29, 1.82) is 0 Å². The summed E-state index contributed by atoms with van der Waals surface area (Å²) in [6, 6.07) is 1.35. The third kappa shape index (κ3) is 18.7. The first-order valence-corrected chi connectivity index (χ1v) is 5.55. The molecule has 0 bridgehead atoms. The molecule has 0 aromatic carbocycles. The maximum absolute atomic E-state index is 3.30. The lowest BCUT2D eigenvalue weighted by molar-refractivity contribution is 0.553. The predicted molar refractivity (Wildman–Crippen MR) is 62.2 cm³/mol. The van der Waals surface area contributed by atoms with Gasteiger partial charge in [-0.05, 0) is 26.4 Å². The second-order valence-corrected chi connectivity index (χ2v) is 3.58. The monoisotopic (exact) mass is 188 g/mol. The molecule has 0 amide bonds. The standard InChI is InChI=1S/C6H15N.C5H13N/c1-4-6(3)7-5-2;1-4-6-5(2)3/h6-7H,4-5H2,1-3H3;5-6H,4H2,1-3H3. The highest BCUT2D eigenvalue weighted by atomic mass is 14.9. The van der Waals surface area contributed by atoms with E-state index in [9.17, 15) is 0 Å². The number of rotatable bonds is 5. The lowest BCUT2D eigenvalue weighted by atomic mass is 10.3. The van der Waals surface area contributed by atoms with E-state index in [0.29, 0.717) is 12.1 Å². The maximum Gasteiger partial charge on any atom is 0.00359 e. The van der Waals surface area contributed by atoms with E-state index in [4.69, 9.17) is 0 Å². The first kappa shape index (κ1) is 15.4. The molecule has 0 aromatic heterocycles. The molecular formula is C11H28N2. The molecule has 2 N–H and O–H groups in total. The number of hydrogen-bond acceptors (Lipinski definition) is 2. The van der Waals surface area contributed by atoms with Crippen molar-refractivity contribution in [3.63, 3.8) is 0 Å². The highest BCUT2D eigenvalue weighted by Crippen LogP contribution is 1.84. The minimum atomic E-state index is 0.648. The molecule has 0 aliphatic carbocycles. The molecule has 2 nitrogen and oxygen atoms in total. The van der Waals surface area contributed by atoms with Gasteiger partial charge in [0.25, 0.3) is 0 Å². The van der Waals surface area contributed by atoms with Crippen LogP contribution in [-0.2, 0) is 0 Å². The summed E-state index contributed by atoms with van der Waals surface area (Å²) < 4.78 is 0. The second-order valence-electron chi connectivity index (χ2n) is 3.58. The molecule has 0 aliphatic heterocycles. The first-order valence-electron chi connectivity index (χ1n) is 5.55. The van der Waals surface area contributed by atoms with Gasteiger partial charge in [-0.1, -0.05) is 34.6 Å². The van der Waals surface area contributed by atoms with Crippen LogP contribution in [0.25, 0.3) is 0 Å². The summed E-state index contributed by atoms with van der Waals surface area (Å²) in [6.45, 7) is 15.1. The average molecular weight is 188 g/mol. The van der Waals surface area contributed by atoms with E-state index >= 15 is 0 Å². The molecule has 0 fully saturated rings. The van der Waals surface area contributed by atoms with Crippen LogP contribution in [-0.4, -0.2) is 25.2 Å². The Morgan fingerprint density at radius 1 is 0.846 bits per heavy atom. The van der Waals surface area contributed by atoms with Gasteiger partial charge in [-0.25, -0.2) is 0 Å². The zero-order valence-corrected chi connectivity index (χ0v) is 10.3. The SMILES string of the molecule is CCNC(C)C.CCNC(C)CC. The van der Waals surface area contributed by atoms with Crippen LogP contribution in [0.5, 0.6) is 0 Å². The van der Waals surface area contributed by atoms with Gasteiger partial charge in [0.2, 0.25) is 0 Å². The van der Waals surface area contributed by atoms with E-state index in [2.05, 4.69) is 52.2 Å². The lowest BCUT2D eigenvalue weighted by Gasteiger charge is -2.06. The largest absolute Gasteiger partial charge is 0.315 e. The van der Waals surface area contributed by atoms with Gasteiger partial charge >= 0.3 is 0 Å². The zero-order chi connectivity index (χ0) is 10.7. The summed E-state index contributed by atoms with van der Waals surface area (Å²) in [5.41, 5.74) is 0. The molecule has 0 rings (SSSR count). The minimum Gasteiger partial charge on any atom is -0.315 e. The quantitative estimate of drug-likeness (QED) is 0.692. The summed E-state index contributed by atoms with van der Waals surface area (Å²) >= 11 is 0. The Morgan fingerprint density at radius 2 is 1.31 bits per heavy atom. The van der Waals surface area contributed by atoms with Gasteiger partial charge in [0.05, 0.1) is 0 Å². The van der Waals surface area contributed by atoms with E-state index in [-0.39, 0.29) is 0 Å². The van der Waals surface area contributed by atoms with Crippen molar-refractivity contribution in [1.82, 2.24) is 10.6 Å². The van der Waals surface area contributed by atoms with Gasteiger partial charge in [0.1, 0.15) is 0 Å². The van der Waals surface area contributed by atoms with Gasteiger partial charge in [0.15, 0.2) is 0 Å². The van der Waals surface area contributed by atoms with Crippen molar-refractivity contribution in [3.8, 4) is 0 Å². The van der Waals surface area contributed by atoms with E-state index in [0.717, 1.165) is 13.1 Å². The van der Waals surface area contributed by atoms with Gasteiger partial charge in [-0.15, -0.1) is 0 Å². The molecule has 1 unspecified atom stereocenters.